The summed E-state index contributed by atoms with van der Waals surface area (Å²) in [4.78, 5) is 24.0. The van der Waals surface area contributed by atoms with Crippen molar-refractivity contribution < 1.29 is 9.53 Å². The average molecular weight is 366 g/mol. The molecule has 3 aromatic rings. The molecule has 4 rings (SSSR count). The van der Waals surface area contributed by atoms with Crippen LogP contribution in [0.4, 0.5) is 11.5 Å². The van der Waals surface area contributed by atoms with Crippen LogP contribution in [0.25, 0.3) is 11.0 Å². The van der Waals surface area contributed by atoms with Gasteiger partial charge < -0.3 is 15.0 Å². The van der Waals surface area contributed by atoms with Crippen LogP contribution in [0.1, 0.15) is 21.7 Å². The van der Waals surface area contributed by atoms with Gasteiger partial charge in [0.2, 0.25) is 0 Å². The molecule has 0 aliphatic carbocycles. The number of amides is 1. The second kappa shape index (κ2) is 6.96. The molecule has 140 valence electrons. The van der Waals surface area contributed by atoms with Crippen LogP contribution >= 0.6 is 0 Å². The lowest BCUT2D eigenvalue weighted by atomic mass is 10.1. The fraction of sp³-hybridized carbons (Fsp3) is 0.368. The van der Waals surface area contributed by atoms with E-state index < -0.39 is 0 Å². The molecule has 8 heteroatoms. The minimum absolute atomic E-state index is 0.192. The van der Waals surface area contributed by atoms with Gasteiger partial charge in [-0.2, -0.15) is 5.10 Å². The lowest BCUT2D eigenvalue weighted by Gasteiger charge is -2.27. The first kappa shape index (κ1) is 17.4. The van der Waals surface area contributed by atoms with Gasteiger partial charge in [-0.3, -0.25) is 9.48 Å². The molecule has 4 heterocycles. The van der Waals surface area contributed by atoms with E-state index in [-0.39, 0.29) is 5.91 Å². The zero-order valence-electron chi connectivity index (χ0n) is 15.7. The zero-order chi connectivity index (χ0) is 19.0. The third kappa shape index (κ3) is 3.35. The van der Waals surface area contributed by atoms with E-state index in [9.17, 15) is 4.79 Å². The van der Waals surface area contributed by atoms with Crippen LogP contribution in [0.15, 0.2) is 24.4 Å². The summed E-state index contributed by atoms with van der Waals surface area (Å²) >= 11 is 0. The molecule has 1 aliphatic heterocycles. The number of rotatable bonds is 3. The Labute approximate surface area is 157 Å². The maximum Gasteiger partial charge on any atom is 0.256 e. The highest BCUT2D eigenvalue weighted by molar-refractivity contribution is 6.12. The van der Waals surface area contributed by atoms with Gasteiger partial charge in [0.1, 0.15) is 5.82 Å². The minimum Gasteiger partial charge on any atom is -0.378 e. The van der Waals surface area contributed by atoms with Crippen LogP contribution in [0.3, 0.4) is 0 Å². The second-order valence-electron chi connectivity index (χ2n) is 6.68. The van der Waals surface area contributed by atoms with E-state index in [2.05, 4.69) is 25.3 Å². The molecule has 0 bridgehead atoms. The van der Waals surface area contributed by atoms with E-state index in [1.807, 2.05) is 33.0 Å². The van der Waals surface area contributed by atoms with E-state index in [1.54, 1.807) is 16.9 Å². The summed E-state index contributed by atoms with van der Waals surface area (Å²) in [5.74, 6) is 0.698. The Kier molecular flexibility index (Phi) is 4.49. The Morgan fingerprint density at radius 3 is 2.70 bits per heavy atom. The molecule has 0 atom stereocenters. The number of anilines is 2. The fourth-order valence-electron chi connectivity index (χ4n) is 3.39. The summed E-state index contributed by atoms with van der Waals surface area (Å²) in [6.07, 6.45) is 1.68. The van der Waals surface area contributed by atoms with Crippen LogP contribution in [0.2, 0.25) is 0 Å². The van der Waals surface area contributed by atoms with E-state index in [0.29, 0.717) is 30.1 Å². The molecule has 3 aromatic heterocycles. The molecule has 1 aliphatic rings. The molecule has 0 spiro atoms. The third-order valence-electron chi connectivity index (χ3n) is 4.68. The molecule has 0 radical (unpaired) electrons. The van der Waals surface area contributed by atoms with Gasteiger partial charge in [-0.25, -0.2) is 9.97 Å². The lowest BCUT2D eigenvalue weighted by Crippen LogP contribution is -2.36. The van der Waals surface area contributed by atoms with Crippen molar-refractivity contribution in [2.24, 2.45) is 7.05 Å². The summed E-state index contributed by atoms with van der Waals surface area (Å²) in [7, 11) is 1.83. The molecule has 1 N–H and O–H groups in total. The monoisotopic (exact) mass is 366 g/mol. The molecule has 1 saturated heterocycles. The predicted octanol–water partition coefficient (Wildman–Crippen LogP) is 2.07. The summed E-state index contributed by atoms with van der Waals surface area (Å²) in [5.41, 5.74) is 3.49. The van der Waals surface area contributed by atoms with E-state index in [1.165, 1.54) is 0 Å². The molecule has 0 unspecified atom stereocenters. The summed E-state index contributed by atoms with van der Waals surface area (Å²) < 4.78 is 7.07. The Bertz CT molecular complexity index is 990. The third-order valence-corrected chi connectivity index (χ3v) is 4.68. The van der Waals surface area contributed by atoms with Crippen molar-refractivity contribution in [1.82, 2.24) is 19.7 Å². The Morgan fingerprint density at radius 1 is 1.22 bits per heavy atom. The first-order chi connectivity index (χ1) is 13.0. The molecule has 0 saturated carbocycles. The van der Waals surface area contributed by atoms with E-state index in [0.717, 1.165) is 35.7 Å². The highest BCUT2D eigenvalue weighted by Gasteiger charge is 2.18. The van der Waals surface area contributed by atoms with Crippen LogP contribution < -0.4 is 10.2 Å². The smallest absolute Gasteiger partial charge is 0.256 e. The highest BCUT2D eigenvalue weighted by Crippen LogP contribution is 2.23. The number of aromatic nitrogens is 4. The Morgan fingerprint density at radius 2 is 2.00 bits per heavy atom. The number of carbonyl (C=O) groups is 1. The quantitative estimate of drug-likeness (QED) is 0.764. The number of fused-ring (bicyclic) bond motifs is 1. The number of morpholine rings is 1. The highest BCUT2D eigenvalue weighted by atomic mass is 16.5. The molecule has 1 amide bonds. The number of ether oxygens (including phenoxy) is 1. The summed E-state index contributed by atoms with van der Waals surface area (Å²) in [6, 6.07) is 5.59. The normalized spacial score (nSPS) is 14.6. The standard InChI is InChI=1S/C19H22N6O2/c1-12-10-15(17-13(2)23-24(3)18(17)21-12)19(26)22-14-4-5-16(20-11-14)25-6-8-27-9-7-25/h4-5,10-11H,6-9H2,1-3H3,(H,22,26). The van der Waals surface area contributed by atoms with Crippen LogP contribution in [0.5, 0.6) is 0 Å². The van der Waals surface area contributed by atoms with Gasteiger partial charge in [0, 0.05) is 25.8 Å². The molecule has 1 fully saturated rings. The first-order valence-corrected chi connectivity index (χ1v) is 8.94. The average Bonchev–Trinajstić information content (AvgIpc) is 2.96. The van der Waals surface area contributed by atoms with Gasteiger partial charge >= 0.3 is 0 Å². The van der Waals surface area contributed by atoms with Gasteiger partial charge in [0.15, 0.2) is 5.65 Å². The maximum absolute atomic E-state index is 12.9. The van der Waals surface area contributed by atoms with Crippen molar-refractivity contribution in [2.45, 2.75) is 13.8 Å². The van der Waals surface area contributed by atoms with Gasteiger partial charge in [0.05, 0.1) is 41.7 Å². The van der Waals surface area contributed by atoms with Crippen molar-refractivity contribution in [3.63, 3.8) is 0 Å². The number of aryl methyl sites for hydroxylation is 3. The number of hydrogen-bond donors (Lipinski definition) is 1. The van der Waals surface area contributed by atoms with Crippen molar-refractivity contribution in [3.8, 4) is 0 Å². The van der Waals surface area contributed by atoms with Gasteiger partial charge in [-0.15, -0.1) is 0 Å². The molecule has 0 aromatic carbocycles. The lowest BCUT2D eigenvalue weighted by molar-refractivity contribution is 0.102. The largest absolute Gasteiger partial charge is 0.378 e. The number of nitrogens with one attached hydrogen (secondary N) is 1. The SMILES string of the molecule is Cc1cc(C(=O)Nc2ccc(N3CCOCC3)nc2)c2c(C)nn(C)c2n1. The van der Waals surface area contributed by atoms with Crippen LogP contribution in [0, 0.1) is 13.8 Å². The minimum atomic E-state index is -0.192. The van der Waals surface area contributed by atoms with Crippen molar-refractivity contribution in [1.29, 1.82) is 0 Å². The van der Waals surface area contributed by atoms with E-state index in [4.69, 9.17) is 4.74 Å². The molecular formula is C19H22N6O2. The van der Waals surface area contributed by atoms with Crippen molar-refractivity contribution in [2.75, 3.05) is 36.5 Å². The summed E-state index contributed by atoms with van der Waals surface area (Å²) in [5, 5.41) is 8.10. The number of carbonyl (C=O) groups excluding carboxylic acids is 1. The fourth-order valence-corrected chi connectivity index (χ4v) is 3.39. The first-order valence-electron chi connectivity index (χ1n) is 8.94. The number of pyridine rings is 2. The van der Waals surface area contributed by atoms with E-state index >= 15 is 0 Å². The molecule has 8 nitrogen and oxygen atoms in total. The maximum atomic E-state index is 12.9. The van der Waals surface area contributed by atoms with Crippen LogP contribution in [-0.4, -0.2) is 52.0 Å². The predicted molar refractivity (Wildman–Crippen MR) is 103 cm³/mol. The second-order valence-corrected chi connectivity index (χ2v) is 6.68. The topological polar surface area (TPSA) is 85.2 Å². The number of nitrogens with zero attached hydrogens (tertiary/aromatic N) is 5. The van der Waals surface area contributed by atoms with Crippen molar-refractivity contribution in [3.05, 3.63) is 41.3 Å². The number of hydrogen-bond acceptors (Lipinski definition) is 6. The van der Waals surface area contributed by atoms with Gasteiger partial charge in [0.25, 0.3) is 5.91 Å². The molecule has 27 heavy (non-hydrogen) atoms. The van der Waals surface area contributed by atoms with Crippen LogP contribution in [-0.2, 0) is 11.8 Å². The van der Waals surface area contributed by atoms with Gasteiger partial charge in [-0.05, 0) is 32.0 Å². The van der Waals surface area contributed by atoms with Crippen molar-refractivity contribution >= 4 is 28.4 Å². The van der Waals surface area contributed by atoms with Gasteiger partial charge in [-0.1, -0.05) is 0 Å². The zero-order valence-corrected chi connectivity index (χ0v) is 15.7. The Hall–Kier alpha value is -3.00. The Balaban J connectivity index is 1.58. The summed E-state index contributed by atoms with van der Waals surface area (Å²) in [6.45, 7) is 6.83. The molecular weight excluding hydrogens is 344 g/mol.